The molecule has 78 valence electrons. The second-order valence-corrected chi connectivity index (χ2v) is 4.49. The van der Waals surface area contributed by atoms with Crippen molar-refractivity contribution >= 4 is 28.8 Å². The second kappa shape index (κ2) is 4.75. The van der Waals surface area contributed by atoms with Gasteiger partial charge in [0.2, 0.25) is 0 Å². The third-order valence-corrected chi connectivity index (χ3v) is 2.99. The number of aliphatic hydroxyl groups is 2. The average molecular weight is 236 g/mol. The lowest BCUT2D eigenvalue weighted by atomic mass is 10.1. The third-order valence-electron chi connectivity index (χ3n) is 1.67. The van der Waals surface area contributed by atoms with Crippen molar-refractivity contribution in [2.45, 2.75) is 12.5 Å². The van der Waals surface area contributed by atoms with E-state index >= 15 is 0 Å². The molecule has 14 heavy (non-hydrogen) atoms. The summed E-state index contributed by atoms with van der Waals surface area (Å²) in [6.07, 6.45) is -0.711. The van der Waals surface area contributed by atoms with Crippen molar-refractivity contribution in [3.05, 3.63) is 20.8 Å². The number of thiophene rings is 1. The SMILES string of the molecule is NC(=O)c1sc(Cl)cc1CC(O)CO. The summed E-state index contributed by atoms with van der Waals surface area (Å²) >= 11 is 6.78. The van der Waals surface area contributed by atoms with Crippen LogP contribution < -0.4 is 5.73 Å². The van der Waals surface area contributed by atoms with Gasteiger partial charge in [0, 0.05) is 6.42 Å². The number of aliphatic hydroxyl groups excluding tert-OH is 2. The second-order valence-electron chi connectivity index (χ2n) is 2.81. The maximum absolute atomic E-state index is 10.9. The molecular formula is C8H10ClNO3S. The highest BCUT2D eigenvalue weighted by atomic mass is 35.5. The molecule has 0 radical (unpaired) electrons. The highest BCUT2D eigenvalue weighted by Crippen LogP contribution is 2.27. The zero-order valence-corrected chi connectivity index (χ0v) is 8.81. The predicted octanol–water partition coefficient (Wildman–Crippen LogP) is 0.396. The number of primary amides is 1. The molecule has 0 spiro atoms. The lowest BCUT2D eigenvalue weighted by Gasteiger charge is -2.05. The first-order valence-electron chi connectivity index (χ1n) is 3.91. The van der Waals surface area contributed by atoms with Gasteiger partial charge in [-0.2, -0.15) is 0 Å². The fourth-order valence-electron chi connectivity index (χ4n) is 1.07. The van der Waals surface area contributed by atoms with E-state index in [2.05, 4.69) is 0 Å². The lowest BCUT2D eigenvalue weighted by Crippen LogP contribution is -2.18. The van der Waals surface area contributed by atoms with Gasteiger partial charge in [-0.1, -0.05) is 11.6 Å². The normalized spacial score (nSPS) is 12.8. The summed E-state index contributed by atoms with van der Waals surface area (Å²) < 4.78 is 0.443. The van der Waals surface area contributed by atoms with E-state index in [4.69, 9.17) is 22.4 Å². The summed E-state index contributed by atoms with van der Waals surface area (Å²) in [7, 11) is 0. The molecule has 0 aliphatic heterocycles. The zero-order chi connectivity index (χ0) is 10.7. The van der Waals surface area contributed by atoms with Gasteiger partial charge < -0.3 is 15.9 Å². The van der Waals surface area contributed by atoms with Crippen LogP contribution in [0.1, 0.15) is 15.2 Å². The summed E-state index contributed by atoms with van der Waals surface area (Å²) in [6, 6.07) is 1.57. The molecule has 4 N–H and O–H groups in total. The molecule has 0 saturated heterocycles. The molecule has 0 saturated carbocycles. The Morgan fingerprint density at radius 2 is 2.36 bits per heavy atom. The Bertz CT molecular complexity index is 339. The van der Waals surface area contributed by atoms with Crippen molar-refractivity contribution in [2.75, 3.05) is 6.61 Å². The topological polar surface area (TPSA) is 83.6 Å². The van der Waals surface area contributed by atoms with E-state index in [9.17, 15) is 9.90 Å². The average Bonchev–Trinajstić information content (AvgIpc) is 2.46. The van der Waals surface area contributed by atoms with Gasteiger partial charge in [-0.25, -0.2) is 0 Å². The van der Waals surface area contributed by atoms with Crippen LogP contribution in [0.5, 0.6) is 0 Å². The molecule has 1 amide bonds. The van der Waals surface area contributed by atoms with E-state index in [1.165, 1.54) is 0 Å². The highest BCUT2D eigenvalue weighted by Gasteiger charge is 2.15. The van der Waals surface area contributed by atoms with Crippen molar-refractivity contribution < 1.29 is 15.0 Å². The van der Waals surface area contributed by atoms with Gasteiger partial charge in [0.15, 0.2) is 0 Å². The predicted molar refractivity (Wildman–Crippen MR) is 54.6 cm³/mol. The number of hydrogen-bond donors (Lipinski definition) is 3. The Morgan fingerprint density at radius 3 is 2.86 bits per heavy atom. The molecule has 0 aliphatic carbocycles. The van der Waals surface area contributed by atoms with Gasteiger partial charge in [0.05, 0.1) is 21.9 Å². The van der Waals surface area contributed by atoms with Crippen molar-refractivity contribution in [2.24, 2.45) is 5.73 Å². The van der Waals surface area contributed by atoms with Crippen LogP contribution in [0.15, 0.2) is 6.07 Å². The monoisotopic (exact) mass is 235 g/mol. The van der Waals surface area contributed by atoms with E-state index in [0.717, 1.165) is 11.3 Å². The number of carbonyl (C=O) groups is 1. The van der Waals surface area contributed by atoms with E-state index in [1.54, 1.807) is 6.07 Å². The Morgan fingerprint density at radius 1 is 1.71 bits per heavy atom. The minimum Gasteiger partial charge on any atom is -0.394 e. The van der Waals surface area contributed by atoms with E-state index in [0.29, 0.717) is 14.8 Å². The van der Waals surface area contributed by atoms with Crippen molar-refractivity contribution in [3.8, 4) is 0 Å². The van der Waals surface area contributed by atoms with Crippen molar-refractivity contribution in [1.29, 1.82) is 0 Å². The van der Waals surface area contributed by atoms with E-state index < -0.39 is 12.0 Å². The summed E-state index contributed by atoms with van der Waals surface area (Å²) in [5.41, 5.74) is 5.69. The molecule has 1 atom stereocenters. The Labute approximate surface area is 89.9 Å². The first-order chi connectivity index (χ1) is 6.54. The molecule has 6 heteroatoms. The van der Waals surface area contributed by atoms with Gasteiger partial charge in [-0.05, 0) is 11.6 Å². The Kier molecular flexibility index (Phi) is 3.88. The van der Waals surface area contributed by atoms with Gasteiger partial charge in [0.25, 0.3) is 5.91 Å². The summed E-state index contributed by atoms with van der Waals surface area (Å²) in [5, 5.41) is 17.8. The molecule has 0 aromatic carbocycles. The number of carbonyl (C=O) groups excluding carboxylic acids is 1. The van der Waals surface area contributed by atoms with Crippen molar-refractivity contribution in [1.82, 2.24) is 0 Å². The molecule has 1 rings (SSSR count). The van der Waals surface area contributed by atoms with Crippen LogP contribution in [0.4, 0.5) is 0 Å². The van der Waals surface area contributed by atoms with E-state index in [1.807, 2.05) is 0 Å². The Balaban J connectivity index is 2.89. The molecule has 0 bridgehead atoms. The fourth-order valence-corrected chi connectivity index (χ4v) is 2.21. The maximum Gasteiger partial charge on any atom is 0.259 e. The van der Waals surface area contributed by atoms with Crippen LogP contribution in [-0.4, -0.2) is 28.8 Å². The summed E-state index contributed by atoms with van der Waals surface area (Å²) in [5.74, 6) is -0.568. The number of amides is 1. The summed E-state index contributed by atoms with van der Waals surface area (Å²) in [4.78, 5) is 11.3. The fraction of sp³-hybridized carbons (Fsp3) is 0.375. The number of halogens is 1. The minimum atomic E-state index is -0.890. The lowest BCUT2D eigenvalue weighted by molar-refractivity contribution is 0.0943. The van der Waals surface area contributed by atoms with Crippen LogP contribution >= 0.6 is 22.9 Å². The zero-order valence-electron chi connectivity index (χ0n) is 7.24. The minimum absolute atomic E-state index is 0.179. The molecule has 0 aliphatic rings. The largest absolute Gasteiger partial charge is 0.394 e. The maximum atomic E-state index is 10.9. The number of rotatable bonds is 4. The quantitative estimate of drug-likeness (QED) is 0.706. The molecule has 1 aromatic rings. The third kappa shape index (κ3) is 2.68. The first kappa shape index (κ1) is 11.5. The molecule has 1 unspecified atom stereocenters. The van der Waals surface area contributed by atoms with Crippen LogP contribution in [-0.2, 0) is 6.42 Å². The molecule has 1 aromatic heterocycles. The van der Waals surface area contributed by atoms with Gasteiger partial charge >= 0.3 is 0 Å². The number of hydrogen-bond acceptors (Lipinski definition) is 4. The standard InChI is InChI=1S/C8H10ClNO3S/c9-6-2-4(1-5(12)3-11)7(14-6)8(10)13/h2,5,11-12H,1,3H2,(H2,10,13). The molecule has 1 heterocycles. The summed E-state index contributed by atoms with van der Waals surface area (Å²) in [6.45, 7) is -0.355. The first-order valence-corrected chi connectivity index (χ1v) is 5.11. The van der Waals surface area contributed by atoms with Crippen LogP contribution in [0.25, 0.3) is 0 Å². The van der Waals surface area contributed by atoms with Crippen LogP contribution in [0.3, 0.4) is 0 Å². The van der Waals surface area contributed by atoms with Crippen LogP contribution in [0, 0.1) is 0 Å². The Hall–Kier alpha value is -0.620. The van der Waals surface area contributed by atoms with Gasteiger partial charge in [-0.15, -0.1) is 11.3 Å². The number of nitrogens with two attached hydrogens (primary N) is 1. The van der Waals surface area contributed by atoms with Crippen molar-refractivity contribution in [3.63, 3.8) is 0 Å². The molecule has 4 nitrogen and oxygen atoms in total. The van der Waals surface area contributed by atoms with Gasteiger partial charge in [-0.3, -0.25) is 4.79 Å². The highest BCUT2D eigenvalue weighted by molar-refractivity contribution is 7.18. The van der Waals surface area contributed by atoms with Gasteiger partial charge in [0.1, 0.15) is 0 Å². The molecule has 0 fully saturated rings. The smallest absolute Gasteiger partial charge is 0.259 e. The molecular weight excluding hydrogens is 226 g/mol. The van der Waals surface area contributed by atoms with E-state index in [-0.39, 0.29) is 13.0 Å². The van der Waals surface area contributed by atoms with Crippen LogP contribution in [0.2, 0.25) is 4.34 Å².